The molecule has 0 fully saturated rings. The van der Waals surface area contributed by atoms with Crippen molar-refractivity contribution in [2.45, 2.75) is 26.4 Å². The van der Waals surface area contributed by atoms with Crippen LogP contribution in [-0.4, -0.2) is 28.3 Å². The minimum absolute atomic E-state index is 0.187. The predicted octanol–water partition coefficient (Wildman–Crippen LogP) is 0.583. The SMILES string of the molecule is CC(C)C(NC(=O)NCc1ccon1)C(=O)O. The highest BCUT2D eigenvalue weighted by molar-refractivity contribution is 5.82. The topological polar surface area (TPSA) is 104 Å². The van der Waals surface area contributed by atoms with E-state index in [0.29, 0.717) is 5.69 Å². The van der Waals surface area contributed by atoms with Crippen LogP contribution in [0.25, 0.3) is 0 Å². The molecule has 0 bridgehead atoms. The number of urea groups is 1. The summed E-state index contributed by atoms with van der Waals surface area (Å²) in [7, 11) is 0. The molecule has 0 saturated heterocycles. The number of amides is 2. The van der Waals surface area contributed by atoms with E-state index in [-0.39, 0.29) is 12.5 Å². The lowest BCUT2D eigenvalue weighted by Gasteiger charge is -2.17. The minimum atomic E-state index is -1.06. The highest BCUT2D eigenvalue weighted by Gasteiger charge is 2.23. The van der Waals surface area contributed by atoms with Gasteiger partial charge < -0.3 is 20.3 Å². The van der Waals surface area contributed by atoms with Crippen LogP contribution in [0.2, 0.25) is 0 Å². The van der Waals surface area contributed by atoms with Gasteiger partial charge in [0.05, 0.1) is 6.54 Å². The standard InChI is InChI=1S/C10H15N3O4/c1-6(2)8(9(14)15)12-10(16)11-5-7-3-4-17-13-7/h3-4,6,8H,5H2,1-2H3,(H,14,15)(H2,11,12,16). The van der Waals surface area contributed by atoms with Crippen LogP contribution in [0.15, 0.2) is 16.9 Å². The van der Waals surface area contributed by atoms with E-state index in [1.165, 1.54) is 6.26 Å². The summed E-state index contributed by atoms with van der Waals surface area (Å²) >= 11 is 0. The lowest BCUT2D eigenvalue weighted by atomic mass is 10.1. The van der Waals surface area contributed by atoms with Crippen LogP contribution in [0.4, 0.5) is 4.79 Å². The average molecular weight is 241 g/mol. The van der Waals surface area contributed by atoms with Crippen LogP contribution >= 0.6 is 0 Å². The van der Waals surface area contributed by atoms with E-state index in [1.807, 2.05) is 0 Å². The first-order valence-corrected chi connectivity index (χ1v) is 5.17. The van der Waals surface area contributed by atoms with Gasteiger partial charge in [0.15, 0.2) is 0 Å². The molecule has 3 N–H and O–H groups in total. The van der Waals surface area contributed by atoms with E-state index in [9.17, 15) is 9.59 Å². The summed E-state index contributed by atoms with van der Waals surface area (Å²) in [4.78, 5) is 22.3. The molecule has 7 nitrogen and oxygen atoms in total. The summed E-state index contributed by atoms with van der Waals surface area (Å²) in [5.74, 6) is -1.25. The molecule has 0 spiro atoms. The number of carbonyl (C=O) groups excluding carboxylic acids is 1. The molecule has 94 valence electrons. The van der Waals surface area contributed by atoms with Crippen LogP contribution in [0.5, 0.6) is 0 Å². The molecule has 1 atom stereocenters. The van der Waals surface area contributed by atoms with Crippen LogP contribution in [0.3, 0.4) is 0 Å². The molecule has 0 aliphatic heterocycles. The molecule has 17 heavy (non-hydrogen) atoms. The maximum absolute atomic E-state index is 11.4. The molecule has 0 aliphatic rings. The van der Waals surface area contributed by atoms with Crippen molar-refractivity contribution in [2.24, 2.45) is 5.92 Å². The van der Waals surface area contributed by atoms with Crippen LogP contribution in [0.1, 0.15) is 19.5 Å². The van der Waals surface area contributed by atoms with Crippen molar-refractivity contribution in [3.8, 4) is 0 Å². The van der Waals surface area contributed by atoms with Crippen molar-refractivity contribution < 1.29 is 19.2 Å². The van der Waals surface area contributed by atoms with Crippen molar-refractivity contribution in [1.29, 1.82) is 0 Å². The second-order valence-electron chi connectivity index (χ2n) is 3.88. The van der Waals surface area contributed by atoms with Gasteiger partial charge in [-0.1, -0.05) is 19.0 Å². The predicted molar refractivity (Wildman–Crippen MR) is 58.1 cm³/mol. The molecule has 1 aromatic rings. The number of carboxylic acid groups (broad SMARTS) is 1. The summed E-state index contributed by atoms with van der Waals surface area (Å²) in [6.07, 6.45) is 1.39. The maximum Gasteiger partial charge on any atom is 0.326 e. The molecular formula is C10H15N3O4. The zero-order valence-electron chi connectivity index (χ0n) is 9.64. The van der Waals surface area contributed by atoms with Crippen molar-refractivity contribution in [1.82, 2.24) is 15.8 Å². The normalized spacial score (nSPS) is 12.2. The third kappa shape index (κ3) is 4.13. The summed E-state index contributed by atoms with van der Waals surface area (Å²) in [6, 6.07) is 0.152. The number of carbonyl (C=O) groups is 2. The molecule has 1 aromatic heterocycles. The number of rotatable bonds is 5. The zero-order valence-corrected chi connectivity index (χ0v) is 9.64. The molecule has 0 aliphatic carbocycles. The molecule has 2 amide bonds. The van der Waals surface area contributed by atoms with Crippen molar-refractivity contribution in [3.05, 3.63) is 18.0 Å². The molecule has 0 radical (unpaired) electrons. The highest BCUT2D eigenvalue weighted by atomic mass is 16.5. The van der Waals surface area contributed by atoms with E-state index in [4.69, 9.17) is 5.11 Å². The molecule has 0 saturated carbocycles. The summed E-state index contributed by atoms with van der Waals surface area (Å²) in [6.45, 7) is 3.63. The summed E-state index contributed by atoms with van der Waals surface area (Å²) in [5, 5.41) is 17.3. The van der Waals surface area contributed by atoms with Crippen molar-refractivity contribution >= 4 is 12.0 Å². The zero-order chi connectivity index (χ0) is 12.8. The smallest absolute Gasteiger partial charge is 0.326 e. The Morgan fingerprint density at radius 1 is 1.53 bits per heavy atom. The van der Waals surface area contributed by atoms with Gasteiger partial charge in [0, 0.05) is 6.07 Å². The van der Waals surface area contributed by atoms with E-state index < -0.39 is 18.0 Å². The van der Waals surface area contributed by atoms with Gasteiger partial charge in [0.2, 0.25) is 0 Å². The quantitative estimate of drug-likeness (QED) is 0.699. The van der Waals surface area contributed by atoms with E-state index in [1.54, 1.807) is 19.9 Å². The average Bonchev–Trinajstić information content (AvgIpc) is 2.74. The summed E-state index contributed by atoms with van der Waals surface area (Å²) in [5.41, 5.74) is 0.566. The number of nitrogens with zero attached hydrogens (tertiary/aromatic N) is 1. The lowest BCUT2D eigenvalue weighted by Crippen LogP contribution is -2.48. The van der Waals surface area contributed by atoms with Gasteiger partial charge in [-0.15, -0.1) is 0 Å². The Labute approximate surface area is 98.2 Å². The number of hydrogen-bond donors (Lipinski definition) is 3. The Balaban J connectivity index is 2.40. The highest BCUT2D eigenvalue weighted by Crippen LogP contribution is 2.01. The molecule has 7 heteroatoms. The minimum Gasteiger partial charge on any atom is -0.480 e. The number of aliphatic carboxylic acids is 1. The second-order valence-corrected chi connectivity index (χ2v) is 3.88. The van der Waals surface area contributed by atoms with Crippen molar-refractivity contribution in [2.75, 3.05) is 0 Å². The third-order valence-electron chi connectivity index (χ3n) is 2.14. The fourth-order valence-corrected chi connectivity index (χ4v) is 1.21. The molecular weight excluding hydrogens is 226 g/mol. The van der Waals surface area contributed by atoms with Crippen molar-refractivity contribution in [3.63, 3.8) is 0 Å². The van der Waals surface area contributed by atoms with Gasteiger partial charge in [-0.3, -0.25) is 0 Å². The monoisotopic (exact) mass is 241 g/mol. The fraction of sp³-hybridized carbons (Fsp3) is 0.500. The van der Waals surface area contributed by atoms with Gasteiger partial charge in [-0.05, 0) is 5.92 Å². The van der Waals surface area contributed by atoms with Gasteiger partial charge >= 0.3 is 12.0 Å². The Kier molecular flexibility index (Phi) is 4.50. The number of carboxylic acids is 1. The maximum atomic E-state index is 11.4. The van der Waals surface area contributed by atoms with Gasteiger partial charge in [-0.25, -0.2) is 9.59 Å². The first kappa shape index (κ1) is 13.0. The number of aromatic nitrogens is 1. The van der Waals surface area contributed by atoms with E-state index in [0.717, 1.165) is 0 Å². The Morgan fingerprint density at radius 3 is 2.71 bits per heavy atom. The van der Waals surface area contributed by atoms with E-state index >= 15 is 0 Å². The fourth-order valence-electron chi connectivity index (χ4n) is 1.21. The first-order chi connectivity index (χ1) is 8.00. The van der Waals surface area contributed by atoms with Gasteiger partial charge in [-0.2, -0.15) is 0 Å². The van der Waals surface area contributed by atoms with Gasteiger partial charge in [0.25, 0.3) is 0 Å². The Morgan fingerprint density at radius 2 is 2.24 bits per heavy atom. The molecule has 1 unspecified atom stereocenters. The Bertz CT molecular complexity index is 375. The number of nitrogens with one attached hydrogen (secondary N) is 2. The van der Waals surface area contributed by atoms with Crippen LogP contribution in [-0.2, 0) is 11.3 Å². The van der Waals surface area contributed by atoms with E-state index in [2.05, 4.69) is 20.3 Å². The molecule has 1 rings (SSSR count). The number of hydrogen-bond acceptors (Lipinski definition) is 4. The second kappa shape index (κ2) is 5.88. The van der Waals surface area contributed by atoms with Crippen LogP contribution < -0.4 is 10.6 Å². The third-order valence-corrected chi connectivity index (χ3v) is 2.14. The lowest BCUT2D eigenvalue weighted by molar-refractivity contribution is -0.140. The Hall–Kier alpha value is -2.05. The largest absolute Gasteiger partial charge is 0.480 e. The van der Waals surface area contributed by atoms with Crippen LogP contribution in [0, 0.1) is 5.92 Å². The summed E-state index contributed by atoms with van der Waals surface area (Å²) < 4.78 is 4.59. The first-order valence-electron chi connectivity index (χ1n) is 5.17. The molecule has 0 aromatic carbocycles. The molecule has 1 heterocycles. The van der Waals surface area contributed by atoms with Gasteiger partial charge in [0.1, 0.15) is 18.0 Å².